The summed E-state index contributed by atoms with van der Waals surface area (Å²) >= 11 is 6.08. The Hall–Kier alpha value is -1.85. The van der Waals surface area contributed by atoms with E-state index in [0.717, 1.165) is 11.4 Å². The third-order valence-electron chi connectivity index (χ3n) is 3.62. The molecule has 0 aliphatic rings. The number of ketones is 1. The number of carbonyl (C=O) groups excluding carboxylic acids is 1. The van der Waals surface area contributed by atoms with Gasteiger partial charge >= 0.3 is 0 Å². The van der Waals surface area contributed by atoms with E-state index < -0.39 is 6.10 Å². The van der Waals surface area contributed by atoms with Crippen molar-refractivity contribution in [1.82, 2.24) is 9.78 Å². The summed E-state index contributed by atoms with van der Waals surface area (Å²) in [5.74, 6) is 0.709. The van der Waals surface area contributed by atoms with E-state index in [-0.39, 0.29) is 12.4 Å². The van der Waals surface area contributed by atoms with Crippen molar-refractivity contribution in [3.05, 3.63) is 46.2 Å². The van der Waals surface area contributed by atoms with Gasteiger partial charge in [0.25, 0.3) is 0 Å². The Balaban J connectivity index is 1.90. The first kappa shape index (κ1) is 17.5. The van der Waals surface area contributed by atoms with Crippen LogP contribution in [-0.4, -0.2) is 33.4 Å². The number of carbonyl (C=O) groups is 1. The molecule has 1 N–H and O–H groups in total. The van der Waals surface area contributed by atoms with Gasteiger partial charge in [0.2, 0.25) is 0 Å². The highest BCUT2D eigenvalue weighted by Crippen LogP contribution is 2.19. The number of ether oxygens (including phenoxy) is 1. The molecule has 0 radical (unpaired) electrons. The summed E-state index contributed by atoms with van der Waals surface area (Å²) in [5.41, 5.74) is 2.23. The van der Waals surface area contributed by atoms with Crippen LogP contribution in [0.15, 0.2) is 24.3 Å². The number of benzene rings is 1. The maximum atomic E-state index is 11.6. The molecule has 0 saturated carbocycles. The average Bonchev–Trinajstić information content (AvgIpc) is 2.79. The lowest BCUT2D eigenvalue weighted by molar-refractivity contribution is 0.0886. The number of hydrogen-bond acceptors (Lipinski definition) is 4. The Morgan fingerprint density at radius 2 is 2.00 bits per heavy atom. The van der Waals surface area contributed by atoms with Gasteiger partial charge in [0.05, 0.1) is 23.0 Å². The Labute approximate surface area is 140 Å². The summed E-state index contributed by atoms with van der Waals surface area (Å²) in [6, 6.07) is 6.92. The number of aliphatic hydroxyl groups is 1. The van der Waals surface area contributed by atoms with Crippen LogP contribution in [-0.2, 0) is 6.54 Å². The first-order valence-corrected chi connectivity index (χ1v) is 7.93. The smallest absolute Gasteiger partial charge is 0.162 e. The highest BCUT2D eigenvalue weighted by molar-refractivity contribution is 6.31. The van der Waals surface area contributed by atoms with Gasteiger partial charge in [-0.1, -0.05) is 18.5 Å². The SMILES string of the molecule is CCC(=O)c1ccc(OC[C@@H](O)Cn2nc(C)c(Cl)c2C)cc1. The third-order valence-corrected chi connectivity index (χ3v) is 4.16. The molecular formula is C17H21ClN2O3. The zero-order chi connectivity index (χ0) is 17.0. The molecule has 2 aromatic rings. The number of hydrogen-bond donors (Lipinski definition) is 1. The van der Waals surface area contributed by atoms with E-state index in [0.29, 0.717) is 29.3 Å². The normalized spacial score (nSPS) is 12.2. The number of Topliss-reactive ketones (excluding diaryl/α,β-unsaturated/α-hetero) is 1. The van der Waals surface area contributed by atoms with Gasteiger partial charge in [-0.15, -0.1) is 0 Å². The third kappa shape index (κ3) is 4.33. The van der Waals surface area contributed by atoms with Crippen LogP contribution >= 0.6 is 11.6 Å². The van der Waals surface area contributed by atoms with Gasteiger partial charge in [-0.05, 0) is 38.1 Å². The predicted molar refractivity (Wildman–Crippen MR) is 89.3 cm³/mol. The van der Waals surface area contributed by atoms with Crippen molar-refractivity contribution in [1.29, 1.82) is 0 Å². The summed E-state index contributed by atoms with van der Waals surface area (Å²) in [6.07, 6.45) is -0.231. The van der Waals surface area contributed by atoms with Crippen LogP contribution in [0.25, 0.3) is 0 Å². The van der Waals surface area contributed by atoms with Crippen molar-refractivity contribution >= 4 is 17.4 Å². The summed E-state index contributed by atoms with van der Waals surface area (Å²) in [5, 5.41) is 15.0. The molecule has 1 atom stereocenters. The number of rotatable bonds is 7. The van der Waals surface area contributed by atoms with Crippen LogP contribution in [0.1, 0.15) is 35.1 Å². The molecule has 0 fully saturated rings. The van der Waals surface area contributed by atoms with Crippen LogP contribution in [0.5, 0.6) is 5.75 Å². The summed E-state index contributed by atoms with van der Waals surface area (Å²) in [7, 11) is 0. The molecule has 0 unspecified atom stereocenters. The zero-order valence-corrected chi connectivity index (χ0v) is 14.3. The molecular weight excluding hydrogens is 316 g/mol. The van der Waals surface area contributed by atoms with Crippen molar-refractivity contribution in [2.45, 2.75) is 39.8 Å². The van der Waals surface area contributed by atoms with Crippen LogP contribution in [0.3, 0.4) is 0 Å². The molecule has 0 amide bonds. The lowest BCUT2D eigenvalue weighted by atomic mass is 10.1. The van der Waals surface area contributed by atoms with Crippen molar-refractivity contribution in [2.24, 2.45) is 0 Å². The lowest BCUT2D eigenvalue weighted by Crippen LogP contribution is -2.24. The van der Waals surface area contributed by atoms with Crippen molar-refractivity contribution < 1.29 is 14.6 Å². The van der Waals surface area contributed by atoms with E-state index in [2.05, 4.69) is 5.10 Å². The Kier molecular flexibility index (Phi) is 5.80. The molecule has 0 bridgehead atoms. The topological polar surface area (TPSA) is 64.3 Å². The minimum absolute atomic E-state index is 0.0954. The maximum absolute atomic E-state index is 11.6. The van der Waals surface area contributed by atoms with Crippen LogP contribution in [0.2, 0.25) is 5.02 Å². The molecule has 5 nitrogen and oxygen atoms in total. The zero-order valence-electron chi connectivity index (χ0n) is 13.5. The highest BCUT2D eigenvalue weighted by atomic mass is 35.5. The molecule has 0 aliphatic heterocycles. The molecule has 2 rings (SSSR count). The van der Waals surface area contributed by atoms with E-state index in [9.17, 15) is 9.90 Å². The summed E-state index contributed by atoms with van der Waals surface area (Å²) in [6.45, 7) is 5.96. The monoisotopic (exact) mass is 336 g/mol. The second-order valence-corrected chi connectivity index (χ2v) is 5.81. The summed E-state index contributed by atoms with van der Waals surface area (Å²) < 4.78 is 7.23. The van der Waals surface area contributed by atoms with Crippen LogP contribution in [0, 0.1) is 13.8 Å². The first-order chi connectivity index (χ1) is 10.9. The molecule has 0 saturated heterocycles. The Morgan fingerprint density at radius 3 is 2.52 bits per heavy atom. The molecule has 124 valence electrons. The Morgan fingerprint density at radius 1 is 1.35 bits per heavy atom. The van der Waals surface area contributed by atoms with Crippen LogP contribution < -0.4 is 4.74 Å². The van der Waals surface area contributed by atoms with E-state index in [1.807, 2.05) is 20.8 Å². The minimum atomic E-state index is -0.707. The van der Waals surface area contributed by atoms with E-state index >= 15 is 0 Å². The summed E-state index contributed by atoms with van der Waals surface area (Å²) in [4.78, 5) is 11.6. The van der Waals surface area contributed by atoms with Gasteiger partial charge in [0.1, 0.15) is 18.5 Å². The lowest BCUT2D eigenvalue weighted by Gasteiger charge is -2.13. The van der Waals surface area contributed by atoms with Gasteiger partial charge in [0, 0.05) is 12.0 Å². The van der Waals surface area contributed by atoms with E-state index in [4.69, 9.17) is 16.3 Å². The number of halogens is 1. The van der Waals surface area contributed by atoms with E-state index in [1.54, 1.807) is 28.9 Å². The van der Waals surface area contributed by atoms with Gasteiger partial charge < -0.3 is 9.84 Å². The Bertz CT molecular complexity index is 680. The average molecular weight is 337 g/mol. The van der Waals surface area contributed by atoms with Gasteiger partial charge in [-0.3, -0.25) is 9.48 Å². The number of aryl methyl sites for hydroxylation is 1. The second-order valence-electron chi connectivity index (χ2n) is 5.43. The van der Waals surface area contributed by atoms with Crippen LogP contribution in [0.4, 0.5) is 0 Å². The van der Waals surface area contributed by atoms with Gasteiger partial charge in [0.15, 0.2) is 5.78 Å². The largest absolute Gasteiger partial charge is 0.491 e. The molecule has 1 heterocycles. The standard InChI is InChI=1S/C17H21ClN2O3/c1-4-16(22)13-5-7-15(8-6-13)23-10-14(21)9-20-12(3)17(18)11(2)19-20/h5-8,14,21H,4,9-10H2,1-3H3/t14-/m0/s1. The molecule has 6 heteroatoms. The number of nitrogens with zero attached hydrogens (tertiary/aromatic N) is 2. The molecule has 1 aromatic heterocycles. The fraction of sp³-hybridized carbons (Fsp3) is 0.412. The fourth-order valence-electron chi connectivity index (χ4n) is 2.24. The van der Waals surface area contributed by atoms with Gasteiger partial charge in [-0.2, -0.15) is 5.10 Å². The minimum Gasteiger partial charge on any atom is -0.491 e. The van der Waals surface area contributed by atoms with E-state index in [1.165, 1.54) is 0 Å². The molecule has 0 spiro atoms. The first-order valence-electron chi connectivity index (χ1n) is 7.56. The predicted octanol–water partition coefficient (Wildman–Crippen LogP) is 3.19. The molecule has 23 heavy (non-hydrogen) atoms. The quantitative estimate of drug-likeness (QED) is 0.789. The fourth-order valence-corrected chi connectivity index (χ4v) is 2.37. The van der Waals surface area contributed by atoms with Crippen molar-refractivity contribution in [3.63, 3.8) is 0 Å². The molecule has 1 aromatic carbocycles. The van der Waals surface area contributed by atoms with Crippen molar-refractivity contribution in [2.75, 3.05) is 6.61 Å². The number of aromatic nitrogens is 2. The highest BCUT2D eigenvalue weighted by Gasteiger charge is 2.13. The van der Waals surface area contributed by atoms with Gasteiger partial charge in [-0.25, -0.2) is 0 Å². The maximum Gasteiger partial charge on any atom is 0.162 e. The second kappa shape index (κ2) is 7.62. The molecule has 0 aliphatic carbocycles. The van der Waals surface area contributed by atoms with Crippen molar-refractivity contribution in [3.8, 4) is 5.75 Å². The number of aliphatic hydroxyl groups excluding tert-OH is 1.